The summed E-state index contributed by atoms with van der Waals surface area (Å²) in [6.45, 7) is 1.61. The Labute approximate surface area is 246 Å². The second-order valence-electron chi connectivity index (χ2n) is 10.0. The second kappa shape index (κ2) is 13.3. The van der Waals surface area contributed by atoms with Crippen molar-refractivity contribution in [3.63, 3.8) is 0 Å². The monoisotopic (exact) mass is 662 g/mol. The third-order valence-electron chi connectivity index (χ3n) is 6.49. The van der Waals surface area contributed by atoms with E-state index >= 15 is 0 Å². The van der Waals surface area contributed by atoms with E-state index in [0.717, 1.165) is 36.3 Å². The highest BCUT2D eigenvalue weighted by Crippen LogP contribution is 2.43. The van der Waals surface area contributed by atoms with E-state index in [1.54, 1.807) is 4.72 Å². The number of carboxylic acids is 1. The van der Waals surface area contributed by atoms with E-state index in [-0.39, 0.29) is 28.4 Å². The van der Waals surface area contributed by atoms with Crippen molar-refractivity contribution in [2.45, 2.75) is 56.6 Å². The lowest BCUT2D eigenvalue weighted by Gasteiger charge is -2.33. The van der Waals surface area contributed by atoms with Crippen LogP contribution in [0.15, 0.2) is 30.3 Å². The van der Waals surface area contributed by atoms with Crippen molar-refractivity contribution in [3.8, 4) is 5.75 Å². The molecule has 2 aliphatic rings. The number of carboxylic acid groups (broad SMARTS) is 1. The molecule has 1 aliphatic carbocycles. The molecule has 2 fully saturated rings. The summed E-state index contributed by atoms with van der Waals surface area (Å²) in [5.41, 5.74) is 0.314. The van der Waals surface area contributed by atoms with Crippen LogP contribution >= 0.6 is 11.6 Å². The number of carbonyl (C=O) groups excluding carboxylic acids is 1. The van der Waals surface area contributed by atoms with Crippen LogP contribution in [0.3, 0.4) is 0 Å². The molecule has 0 spiro atoms. The van der Waals surface area contributed by atoms with Crippen molar-refractivity contribution in [3.05, 3.63) is 63.4 Å². The van der Waals surface area contributed by atoms with Gasteiger partial charge in [-0.05, 0) is 73.1 Å². The fourth-order valence-electron chi connectivity index (χ4n) is 4.35. The van der Waals surface area contributed by atoms with E-state index < -0.39 is 45.6 Å². The average Bonchev–Trinajstić information content (AvgIpc) is 3.70. The number of rotatable bonds is 7. The maximum absolute atomic E-state index is 14.8. The van der Waals surface area contributed by atoms with E-state index in [0.29, 0.717) is 32.5 Å². The number of piperidine rings is 1. The zero-order valence-electron chi connectivity index (χ0n) is 22.4. The van der Waals surface area contributed by atoms with Crippen LogP contribution in [0.25, 0.3) is 0 Å². The molecule has 0 radical (unpaired) electrons. The molecule has 1 saturated heterocycles. The van der Waals surface area contributed by atoms with Gasteiger partial charge in [-0.15, -0.1) is 0 Å². The van der Waals surface area contributed by atoms with Crippen LogP contribution in [0.5, 0.6) is 5.75 Å². The predicted octanol–water partition coefficient (Wildman–Crippen LogP) is 5.74. The van der Waals surface area contributed by atoms with Gasteiger partial charge in [-0.25, -0.2) is 22.3 Å². The third-order valence-corrected chi connectivity index (χ3v) is 7.37. The summed E-state index contributed by atoms with van der Waals surface area (Å²) in [6.07, 6.45) is -6.15. The Hall–Kier alpha value is -3.11. The molecule has 1 saturated carbocycles. The van der Waals surface area contributed by atoms with Gasteiger partial charge in [-0.1, -0.05) is 11.6 Å². The van der Waals surface area contributed by atoms with E-state index in [1.807, 2.05) is 0 Å². The summed E-state index contributed by atoms with van der Waals surface area (Å²) >= 11 is 5.67. The molecule has 2 aromatic rings. The highest BCUT2D eigenvalue weighted by molar-refractivity contribution is 7.89. The molecule has 43 heavy (non-hydrogen) atoms. The van der Waals surface area contributed by atoms with Gasteiger partial charge in [0.05, 0.1) is 22.4 Å². The van der Waals surface area contributed by atoms with Crippen LogP contribution in [-0.2, 0) is 27.5 Å². The molecule has 0 atom stereocenters. The van der Waals surface area contributed by atoms with Gasteiger partial charge in [-0.3, -0.25) is 9.69 Å². The number of sulfonamides is 1. The Bertz CT molecular complexity index is 1460. The molecule has 0 unspecified atom stereocenters. The van der Waals surface area contributed by atoms with Gasteiger partial charge in [0.2, 0.25) is 10.0 Å². The fraction of sp³-hybridized carbons (Fsp3) is 0.462. The first-order chi connectivity index (χ1) is 19.7. The van der Waals surface area contributed by atoms with Crippen LogP contribution in [0.2, 0.25) is 5.02 Å². The highest BCUT2D eigenvalue weighted by Gasteiger charge is 2.38. The van der Waals surface area contributed by atoms with Crippen LogP contribution in [0.4, 0.5) is 30.7 Å². The van der Waals surface area contributed by atoms with E-state index in [1.165, 1.54) is 24.3 Å². The summed E-state index contributed by atoms with van der Waals surface area (Å²) in [5, 5.41) is 6.74. The summed E-state index contributed by atoms with van der Waals surface area (Å²) in [4.78, 5) is 23.2. The molecule has 0 aromatic heterocycles. The average molecular weight is 663 g/mol. The number of ether oxygens (including phenoxy) is 1. The Morgan fingerprint density at radius 3 is 2.12 bits per heavy atom. The number of alkyl halides is 6. The minimum absolute atomic E-state index is 0.103. The first-order valence-corrected chi connectivity index (χ1v) is 14.9. The lowest BCUT2D eigenvalue weighted by atomic mass is 9.97. The van der Waals surface area contributed by atoms with Crippen molar-refractivity contribution >= 4 is 33.5 Å². The van der Waals surface area contributed by atoms with Crippen molar-refractivity contribution in [1.82, 2.24) is 9.62 Å². The van der Waals surface area contributed by atoms with Crippen LogP contribution in [0, 0.1) is 5.82 Å². The minimum atomic E-state index is -5.08. The number of hydrogen-bond acceptors (Lipinski definition) is 6. The lowest BCUT2D eigenvalue weighted by molar-refractivity contribution is -0.192. The highest BCUT2D eigenvalue weighted by atomic mass is 35.5. The molecule has 17 heteroatoms. The summed E-state index contributed by atoms with van der Waals surface area (Å²) in [5.74, 6) is -4.26. The molecule has 2 aromatic carbocycles. The minimum Gasteiger partial charge on any atom is -0.490 e. The van der Waals surface area contributed by atoms with Crippen molar-refractivity contribution < 1.29 is 58.6 Å². The number of amides is 1. The van der Waals surface area contributed by atoms with Gasteiger partial charge < -0.3 is 9.84 Å². The van der Waals surface area contributed by atoms with E-state index in [9.17, 15) is 43.9 Å². The van der Waals surface area contributed by atoms with Gasteiger partial charge in [0.1, 0.15) is 17.7 Å². The number of benzene rings is 2. The third kappa shape index (κ3) is 10.2. The van der Waals surface area contributed by atoms with Gasteiger partial charge in [0.15, 0.2) is 0 Å². The maximum atomic E-state index is 14.8. The lowest BCUT2D eigenvalue weighted by Crippen LogP contribution is -2.38. The van der Waals surface area contributed by atoms with Gasteiger partial charge in [-0.2, -0.15) is 26.3 Å². The number of halogens is 8. The summed E-state index contributed by atoms with van der Waals surface area (Å²) in [6, 6.07) is 6.22. The first kappa shape index (κ1) is 34.4. The Morgan fingerprint density at radius 1 is 1.05 bits per heavy atom. The SMILES string of the molecule is CS(=O)(=O)NC(=O)c1cc(C2CC2)c(CN2CCC(Oc3ccc(Cl)c(C(F)(F)F)c3)CC2)cc1F.O=C(O)C(F)(F)F. The molecule has 2 N–H and O–H groups in total. The predicted molar refractivity (Wildman–Crippen MR) is 140 cm³/mol. The molecule has 1 amide bonds. The molecular weight excluding hydrogens is 637 g/mol. The topological polar surface area (TPSA) is 113 Å². The number of likely N-dealkylation sites (tertiary alicyclic amines) is 1. The van der Waals surface area contributed by atoms with Gasteiger partial charge >= 0.3 is 18.3 Å². The molecular formula is C26H26ClF7N2O6S. The van der Waals surface area contributed by atoms with Gasteiger partial charge in [0.25, 0.3) is 5.91 Å². The smallest absolute Gasteiger partial charge is 0.490 e. The number of hydrogen-bond donors (Lipinski definition) is 2. The Morgan fingerprint density at radius 2 is 1.63 bits per heavy atom. The van der Waals surface area contributed by atoms with E-state index in [4.69, 9.17) is 26.2 Å². The van der Waals surface area contributed by atoms with Crippen LogP contribution < -0.4 is 9.46 Å². The molecule has 4 rings (SSSR count). The fourth-order valence-corrected chi connectivity index (χ4v) is 5.02. The summed E-state index contributed by atoms with van der Waals surface area (Å²) in [7, 11) is -3.83. The van der Waals surface area contributed by atoms with Crippen molar-refractivity contribution in [1.29, 1.82) is 0 Å². The zero-order valence-corrected chi connectivity index (χ0v) is 23.9. The van der Waals surface area contributed by atoms with Crippen molar-refractivity contribution in [2.75, 3.05) is 19.3 Å². The standard InChI is InChI=1S/C24H25ClF4N2O4S.C2HF3O2/c1-36(33,34)30-23(32)19-12-18(14-2-3-14)15(10-22(19)26)13-31-8-6-16(7-9-31)35-17-4-5-21(25)20(11-17)24(27,28)29;3-2(4,5)1(6)7/h4-5,10-12,14,16H,2-3,6-9,13H2,1H3,(H,30,32);(H,6,7). The van der Waals surface area contributed by atoms with Gasteiger partial charge in [0, 0.05) is 19.6 Å². The maximum Gasteiger partial charge on any atom is 0.490 e. The number of nitrogens with one attached hydrogen (secondary N) is 1. The van der Waals surface area contributed by atoms with Crippen molar-refractivity contribution in [2.24, 2.45) is 0 Å². The molecule has 1 aliphatic heterocycles. The zero-order chi connectivity index (χ0) is 32.3. The molecule has 8 nitrogen and oxygen atoms in total. The quantitative estimate of drug-likeness (QED) is 0.364. The second-order valence-corrected chi connectivity index (χ2v) is 12.2. The normalized spacial score (nSPS) is 16.7. The van der Waals surface area contributed by atoms with Crippen LogP contribution in [0.1, 0.15) is 58.6 Å². The summed E-state index contributed by atoms with van der Waals surface area (Å²) < 4.78 is 116. The molecule has 238 valence electrons. The van der Waals surface area contributed by atoms with Crippen LogP contribution in [-0.4, -0.2) is 61.9 Å². The molecule has 0 bridgehead atoms. The van der Waals surface area contributed by atoms with E-state index in [2.05, 4.69) is 4.90 Å². The largest absolute Gasteiger partial charge is 0.490 e. The number of nitrogens with zero attached hydrogens (tertiary/aromatic N) is 1. The number of carbonyl (C=O) groups is 2. The Kier molecular flexibility index (Phi) is 10.6. The molecule has 1 heterocycles. The number of aliphatic carboxylic acids is 1. The first-order valence-electron chi connectivity index (χ1n) is 12.6. The Balaban J connectivity index is 0.000000646.